The summed E-state index contributed by atoms with van der Waals surface area (Å²) in [5.74, 6) is 0.0331. The van der Waals surface area contributed by atoms with Crippen LogP contribution in [-0.2, 0) is 17.0 Å². The highest BCUT2D eigenvalue weighted by atomic mass is 32.2. The maximum absolute atomic E-state index is 10.5. The number of aliphatic hydroxyl groups excluding tert-OH is 1. The van der Waals surface area contributed by atoms with Crippen molar-refractivity contribution in [3.05, 3.63) is 35.4 Å². The first kappa shape index (κ1) is 13.1. The van der Waals surface area contributed by atoms with E-state index in [-0.39, 0.29) is 18.3 Å². The molecule has 16 heavy (non-hydrogen) atoms. The minimum absolute atomic E-state index is 0.0699. The molecule has 3 nitrogen and oxygen atoms in total. The van der Waals surface area contributed by atoms with Crippen molar-refractivity contribution >= 4 is 17.7 Å². The highest BCUT2D eigenvalue weighted by molar-refractivity contribution is 7.99. The number of hydrogen-bond acceptors (Lipinski definition) is 3. The average molecular weight is 240 g/mol. The van der Waals surface area contributed by atoms with Gasteiger partial charge in [-0.3, -0.25) is 4.79 Å². The lowest BCUT2D eigenvalue weighted by Crippen LogP contribution is -2.02. The van der Waals surface area contributed by atoms with Crippen molar-refractivity contribution in [1.29, 1.82) is 0 Å². The van der Waals surface area contributed by atoms with Crippen molar-refractivity contribution in [2.24, 2.45) is 0 Å². The predicted octanol–water partition coefficient (Wildman–Crippen LogP) is 1.93. The molecule has 1 unspecified atom stereocenters. The van der Waals surface area contributed by atoms with Gasteiger partial charge in [-0.05, 0) is 11.1 Å². The molecule has 1 aromatic carbocycles. The van der Waals surface area contributed by atoms with Crippen LogP contribution in [0, 0.1) is 0 Å². The Morgan fingerprint density at radius 3 is 2.38 bits per heavy atom. The normalized spacial score (nSPS) is 12.4. The Balaban J connectivity index is 2.48. The maximum Gasteiger partial charge on any atom is 0.307 e. The minimum Gasteiger partial charge on any atom is -0.481 e. The Morgan fingerprint density at radius 2 is 1.88 bits per heavy atom. The van der Waals surface area contributed by atoms with E-state index in [2.05, 4.69) is 0 Å². The van der Waals surface area contributed by atoms with Gasteiger partial charge in [0, 0.05) is 11.0 Å². The average Bonchev–Trinajstić information content (AvgIpc) is 2.27. The summed E-state index contributed by atoms with van der Waals surface area (Å²) < 4.78 is 0. The second-order valence-corrected chi connectivity index (χ2v) is 5.12. The highest BCUT2D eigenvalue weighted by Crippen LogP contribution is 2.17. The van der Waals surface area contributed by atoms with Gasteiger partial charge in [-0.15, -0.1) is 0 Å². The summed E-state index contributed by atoms with van der Waals surface area (Å²) in [6.45, 7) is 2.16. The Hall–Kier alpha value is -1.00. The predicted molar refractivity (Wildman–Crippen MR) is 65.6 cm³/mol. The van der Waals surface area contributed by atoms with E-state index in [1.54, 1.807) is 11.8 Å². The smallest absolute Gasteiger partial charge is 0.307 e. The zero-order valence-electron chi connectivity index (χ0n) is 9.22. The van der Waals surface area contributed by atoms with E-state index in [1.807, 2.05) is 31.2 Å². The molecule has 0 amide bonds. The van der Waals surface area contributed by atoms with E-state index in [0.717, 1.165) is 16.9 Å². The van der Waals surface area contributed by atoms with Crippen LogP contribution in [0.1, 0.15) is 18.1 Å². The third kappa shape index (κ3) is 4.68. The van der Waals surface area contributed by atoms with Gasteiger partial charge in [-0.1, -0.05) is 31.2 Å². The minimum atomic E-state index is -0.809. The standard InChI is InChI=1S/C12H16O3S/c1-9(7-13)16-8-11-4-2-10(3-5-11)6-12(14)15/h2-5,9,13H,6-8H2,1H3,(H,14,15). The van der Waals surface area contributed by atoms with Crippen LogP contribution in [0.3, 0.4) is 0 Å². The summed E-state index contributed by atoms with van der Waals surface area (Å²) in [7, 11) is 0. The van der Waals surface area contributed by atoms with Gasteiger partial charge in [-0.2, -0.15) is 11.8 Å². The monoisotopic (exact) mass is 240 g/mol. The van der Waals surface area contributed by atoms with Gasteiger partial charge in [0.05, 0.1) is 13.0 Å². The van der Waals surface area contributed by atoms with Crippen LogP contribution in [0.5, 0.6) is 0 Å². The fourth-order valence-electron chi connectivity index (χ4n) is 1.22. The van der Waals surface area contributed by atoms with E-state index < -0.39 is 5.97 Å². The van der Waals surface area contributed by atoms with Gasteiger partial charge in [0.15, 0.2) is 0 Å². The Morgan fingerprint density at radius 1 is 1.31 bits per heavy atom. The van der Waals surface area contributed by atoms with Crippen molar-refractivity contribution in [2.45, 2.75) is 24.3 Å². The van der Waals surface area contributed by atoms with Crippen molar-refractivity contribution in [1.82, 2.24) is 0 Å². The number of hydrogen-bond donors (Lipinski definition) is 2. The number of carboxylic acid groups (broad SMARTS) is 1. The summed E-state index contributed by atoms with van der Waals surface area (Å²) in [5.41, 5.74) is 1.97. The third-order valence-electron chi connectivity index (χ3n) is 2.17. The molecule has 0 bridgehead atoms. The van der Waals surface area contributed by atoms with Crippen LogP contribution in [0.25, 0.3) is 0 Å². The third-order valence-corrected chi connectivity index (χ3v) is 3.39. The van der Waals surface area contributed by atoms with Crippen molar-refractivity contribution in [3.63, 3.8) is 0 Å². The van der Waals surface area contributed by atoms with Crippen LogP contribution in [0.15, 0.2) is 24.3 Å². The molecule has 0 aromatic heterocycles. The van der Waals surface area contributed by atoms with Gasteiger partial charge in [-0.25, -0.2) is 0 Å². The molecular formula is C12H16O3S. The lowest BCUT2D eigenvalue weighted by Gasteiger charge is -2.07. The first-order valence-corrected chi connectivity index (χ1v) is 6.18. The molecule has 0 heterocycles. The topological polar surface area (TPSA) is 57.5 Å². The van der Waals surface area contributed by atoms with E-state index in [9.17, 15) is 4.79 Å². The van der Waals surface area contributed by atoms with E-state index >= 15 is 0 Å². The van der Waals surface area contributed by atoms with Crippen LogP contribution in [0.4, 0.5) is 0 Å². The van der Waals surface area contributed by atoms with Crippen LogP contribution in [-0.4, -0.2) is 28.0 Å². The molecule has 0 aliphatic heterocycles. The number of benzene rings is 1. The molecule has 0 aliphatic carbocycles. The van der Waals surface area contributed by atoms with Gasteiger partial charge in [0.2, 0.25) is 0 Å². The van der Waals surface area contributed by atoms with Crippen LogP contribution in [0.2, 0.25) is 0 Å². The second-order valence-electron chi connectivity index (χ2n) is 3.69. The summed E-state index contributed by atoms with van der Waals surface area (Å²) in [4.78, 5) is 10.5. The van der Waals surface area contributed by atoms with Crippen molar-refractivity contribution in [2.75, 3.05) is 6.61 Å². The summed E-state index contributed by atoms with van der Waals surface area (Å²) in [6.07, 6.45) is 0.0699. The second kappa shape index (κ2) is 6.55. The molecule has 1 rings (SSSR count). The van der Waals surface area contributed by atoms with Crippen LogP contribution < -0.4 is 0 Å². The molecule has 0 spiro atoms. The molecule has 88 valence electrons. The quantitative estimate of drug-likeness (QED) is 0.797. The molecule has 1 atom stereocenters. The fourth-order valence-corrected chi connectivity index (χ4v) is 1.99. The summed E-state index contributed by atoms with van der Waals surface area (Å²) >= 11 is 1.68. The first-order chi connectivity index (χ1) is 7.61. The van der Waals surface area contributed by atoms with E-state index in [4.69, 9.17) is 10.2 Å². The lowest BCUT2D eigenvalue weighted by atomic mass is 10.1. The number of rotatable bonds is 6. The molecule has 1 aromatic rings. The summed E-state index contributed by atoms with van der Waals surface area (Å²) in [5, 5.41) is 17.7. The molecular weight excluding hydrogens is 224 g/mol. The van der Waals surface area contributed by atoms with Crippen molar-refractivity contribution < 1.29 is 15.0 Å². The highest BCUT2D eigenvalue weighted by Gasteiger charge is 2.03. The number of aliphatic carboxylic acids is 1. The van der Waals surface area contributed by atoms with E-state index in [0.29, 0.717) is 0 Å². The van der Waals surface area contributed by atoms with E-state index in [1.165, 1.54) is 0 Å². The molecule has 0 saturated carbocycles. The molecule has 0 fully saturated rings. The van der Waals surface area contributed by atoms with Gasteiger partial charge >= 0.3 is 5.97 Å². The Labute approximate surface area is 99.5 Å². The number of thioether (sulfide) groups is 1. The van der Waals surface area contributed by atoms with Crippen molar-refractivity contribution in [3.8, 4) is 0 Å². The Bertz CT molecular complexity index is 335. The number of aliphatic hydroxyl groups is 1. The van der Waals surface area contributed by atoms with Gasteiger partial charge < -0.3 is 10.2 Å². The molecule has 2 N–H and O–H groups in total. The number of carbonyl (C=O) groups is 1. The number of carboxylic acids is 1. The zero-order chi connectivity index (χ0) is 12.0. The fraction of sp³-hybridized carbons (Fsp3) is 0.417. The molecule has 0 saturated heterocycles. The molecule has 4 heteroatoms. The maximum atomic E-state index is 10.5. The first-order valence-electron chi connectivity index (χ1n) is 5.14. The SMILES string of the molecule is CC(CO)SCc1ccc(CC(=O)O)cc1. The zero-order valence-corrected chi connectivity index (χ0v) is 10.0. The van der Waals surface area contributed by atoms with Gasteiger partial charge in [0.25, 0.3) is 0 Å². The summed E-state index contributed by atoms with van der Waals surface area (Å²) in [6, 6.07) is 7.56. The molecule has 0 radical (unpaired) electrons. The largest absolute Gasteiger partial charge is 0.481 e. The Kier molecular flexibility index (Phi) is 5.35. The van der Waals surface area contributed by atoms with Crippen LogP contribution >= 0.6 is 11.8 Å². The van der Waals surface area contributed by atoms with Gasteiger partial charge in [0.1, 0.15) is 0 Å². The molecule has 0 aliphatic rings. The lowest BCUT2D eigenvalue weighted by molar-refractivity contribution is -0.136.